The number of allylic oxidation sites excluding steroid dienone is 4. The largest absolute Gasteiger partial charge is 0.435 e. The number of aromatic nitrogens is 2. The van der Waals surface area contributed by atoms with Crippen molar-refractivity contribution in [3.8, 4) is 5.75 Å². The molecule has 0 saturated carbocycles. The van der Waals surface area contributed by atoms with Gasteiger partial charge in [0.2, 0.25) is 0 Å². The lowest BCUT2D eigenvalue weighted by Gasteiger charge is -2.08. The molecule has 1 aliphatic rings. The Morgan fingerprint density at radius 1 is 1.13 bits per heavy atom. The summed E-state index contributed by atoms with van der Waals surface area (Å²) in [5.41, 5.74) is -1.27. The highest BCUT2D eigenvalue weighted by molar-refractivity contribution is 5.95. The van der Waals surface area contributed by atoms with Crippen LogP contribution in [-0.2, 0) is 6.18 Å². The fraction of sp³-hybridized carbons (Fsp3) is 0.250. The summed E-state index contributed by atoms with van der Waals surface area (Å²) in [7, 11) is 0. The van der Waals surface area contributed by atoms with E-state index in [9.17, 15) is 22.8 Å². The van der Waals surface area contributed by atoms with E-state index in [1.807, 2.05) is 6.08 Å². The second-order valence-corrected chi connectivity index (χ2v) is 6.34. The summed E-state index contributed by atoms with van der Waals surface area (Å²) < 4.78 is 46.1. The van der Waals surface area contributed by atoms with Crippen LogP contribution in [0.1, 0.15) is 28.9 Å². The van der Waals surface area contributed by atoms with E-state index in [1.165, 1.54) is 0 Å². The molecule has 0 spiro atoms. The van der Waals surface area contributed by atoms with Gasteiger partial charge in [-0.05, 0) is 31.1 Å². The van der Waals surface area contributed by atoms with Gasteiger partial charge >= 0.3 is 12.3 Å². The number of hydrogen-bond donors (Lipinski definition) is 2. The van der Waals surface area contributed by atoms with Crippen LogP contribution in [0.3, 0.4) is 0 Å². The van der Waals surface area contributed by atoms with E-state index < -0.39 is 29.4 Å². The Morgan fingerprint density at radius 3 is 2.53 bits per heavy atom. The molecule has 30 heavy (non-hydrogen) atoms. The highest BCUT2D eigenvalue weighted by Gasteiger charge is 2.39. The van der Waals surface area contributed by atoms with Crippen molar-refractivity contribution in [2.75, 3.05) is 13.1 Å². The zero-order chi connectivity index (χ0) is 21.6. The summed E-state index contributed by atoms with van der Waals surface area (Å²) in [5.74, 6) is -0.591. The van der Waals surface area contributed by atoms with Crippen LogP contribution in [0.25, 0.3) is 5.70 Å². The molecule has 1 heterocycles. The Kier molecular flexibility index (Phi) is 6.55. The van der Waals surface area contributed by atoms with Crippen molar-refractivity contribution < 1.29 is 27.5 Å². The van der Waals surface area contributed by atoms with Crippen molar-refractivity contribution in [1.82, 2.24) is 20.4 Å². The summed E-state index contributed by atoms with van der Waals surface area (Å²) in [4.78, 5) is 24.0. The molecule has 1 aromatic carbocycles. The number of alkyl halides is 3. The number of carbonyl (C=O) groups excluding carboxylic acids is 2. The topological polar surface area (TPSA) is 85.3 Å². The molecule has 3 rings (SSSR count). The molecule has 1 aromatic heterocycles. The van der Waals surface area contributed by atoms with Gasteiger partial charge in [-0.1, -0.05) is 30.4 Å². The lowest BCUT2D eigenvalue weighted by molar-refractivity contribution is -0.141. The molecule has 0 fully saturated rings. The van der Waals surface area contributed by atoms with Gasteiger partial charge in [0.05, 0.1) is 5.56 Å². The minimum absolute atomic E-state index is 0.0250. The second kappa shape index (κ2) is 9.29. The maximum atomic E-state index is 13.3. The lowest BCUT2D eigenvalue weighted by atomic mass is 10.1. The van der Waals surface area contributed by atoms with Crippen molar-refractivity contribution in [2.45, 2.75) is 19.0 Å². The molecule has 0 unspecified atom stereocenters. The molecule has 0 saturated heterocycles. The number of benzene rings is 1. The van der Waals surface area contributed by atoms with Gasteiger partial charge in [-0.2, -0.15) is 18.3 Å². The van der Waals surface area contributed by atoms with Crippen LogP contribution in [-0.4, -0.2) is 34.9 Å². The molecule has 10 heteroatoms. The number of amides is 2. The van der Waals surface area contributed by atoms with E-state index in [1.54, 1.807) is 42.5 Å². The quantitative estimate of drug-likeness (QED) is 0.700. The second-order valence-electron chi connectivity index (χ2n) is 6.34. The predicted molar refractivity (Wildman–Crippen MR) is 103 cm³/mol. The van der Waals surface area contributed by atoms with E-state index >= 15 is 0 Å². The zero-order valence-corrected chi connectivity index (χ0v) is 15.8. The van der Waals surface area contributed by atoms with Crippen molar-refractivity contribution in [3.05, 3.63) is 66.0 Å². The van der Waals surface area contributed by atoms with Crippen molar-refractivity contribution >= 4 is 17.7 Å². The van der Waals surface area contributed by atoms with Crippen molar-refractivity contribution in [2.24, 2.45) is 0 Å². The highest BCUT2D eigenvalue weighted by atomic mass is 19.4. The Balaban J connectivity index is 1.58. The van der Waals surface area contributed by atoms with Gasteiger partial charge in [-0.25, -0.2) is 9.48 Å². The minimum Gasteiger partial charge on any atom is -0.410 e. The van der Waals surface area contributed by atoms with Crippen LogP contribution >= 0.6 is 0 Å². The zero-order valence-electron chi connectivity index (χ0n) is 15.8. The van der Waals surface area contributed by atoms with Crippen LogP contribution in [0.15, 0.2) is 54.8 Å². The Bertz CT molecular complexity index is 965. The molecule has 2 N–H and O–H groups in total. The van der Waals surface area contributed by atoms with Crippen LogP contribution in [0, 0.1) is 0 Å². The van der Waals surface area contributed by atoms with Gasteiger partial charge in [0.1, 0.15) is 5.75 Å². The number of nitrogens with one attached hydrogen (secondary N) is 2. The van der Waals surface area contributed by atoms with Gasteiger partial charge in [-0.15, -0.1) is 0 Å². The Labute approximate surface area is 170 Å². The van der Waals surface area contributed by atoms with Gasteiger partial charge in [0.25, 0.3) is 5.91 Å². The first kappa shape index (κ1) is 21.2. The van der Waals surface area contributed by atoms with Crippen molar-refractivity contribution in [1.29, 1.82) is 0 Å². The Hall–Kier alpha value is -3.56. The van der Waals surface area contributed by atoms with Gasteiger partial charge in [0.15, 0.2) is 5.69 Å². The number of para-hydroxylation sites is 1. The minimum atomic E-state index is -4.78. The molecule has 7 nitrogen and oxygen atoms in total. The molecular formula is C20H19F3N4O3. The average molecular weight is 420 g/mol. The van der Waals surface area contributed by atoms with Gasteiger partial charge < -0.3 is 15.4 Å². The van der Waals surface area contributed by atoms with Crippen LogP contribution in [0.2, 0.25) is 0 Å². The summed E-state index contributed by atoms with van der Waals surface area (Å²) >= 11 is 0. The summed E-state index contributed by atoms with van der Waals surface area (Å²) in [5, 5.41) is 8.32. The third kappa shape index (κ3) is 5.49. The summed E-state index contributed by atoms with van der Waals surface area (Å²) in [6.07, 6.45) is 2.02. The number of nitrogens with zero attached hydrogens (tertiary/aromatic N) is 2. The summed E-state index contributed by atoms with van der Waals surface area (Å²) in [6.45, 7) is -0.112. The van der Waals surface area contributed by atoms with E-state index in [2.05, 4.69) is 15.7 Å². The maximum Gasteiger partial charge on any atom is 0.435 e. The fourth-order valence-corrected chi connectivity index (χ4v) is 2.74. The van der Waals surface area contributed by atoms with Crippen LogP contribution in [0.5, 0.6) is 5.75 Å². The van der Waals surface area contributed by atoms with Crippen molar-refractivity contribution in [3.63, 3.8) is 0 Å². The maximum absolute atomic E-state index is 13.3. The van der Waals surface area contributed by atoms with E-state index in [-0.39, 0.29) is 13.1 Å². The molecular weight excluding hydrogens is 401 g/mol. The average Bonchev–Trinajstić information content (AvgIpc) is 3.19. The predicted octanol–water partition coefficient (Wildman–Crippen LogP) is 3.61. The number of rotatable bonds is 6. The molecule has 0 radical (unpaired) electrons. The first-order valence-electron chi connectivity index (χ1n) is 9.16. The monoisotopic (exact) mass is 420 g/mol. The summed E-state index contributed by atoms with van der Waals surface area (Å²) in [6, 6.07) is 8.34. The molecule has 0 bridgehead atoms. The van der Waals surface area contributed by atoms with E-state index in [4.69, 9.17) is 4.74 Å². The normalized spacial score (nSPS) is 13.5. The van der Waals surface area contributed by atoms with E-state index in [0.717, 1.165) is 10.9 Å². The lowest BCUT2D eigenvalue weighted by Crippen LogP contribution is -2.36. The molecule has 2 aromatic rings. The number of halogens is 3. The molecule has 1 aliphatic carbocycles. The van der Waals surface area contributed by atoms with Gasteiger partial charge in [0, 0.05) is 25.0 Å². The van der Waals surface area contributed by atoms with Gasteiger partial charge in [-0.3, -0.25) is 4.79 Å². The number of ether oxygens (including phenoxy) is 1. The smallest absolute Gasteiger partial charge is 0.410 e. The highest BCUT2D eigenvalue weighted by Crippen LogP contribution is 2.32. The SMILES string of the molecule is O=C(NCCNC(=O)c1cn(C2=CC=CCC2)nc1C(F)(F)F)Oc1ccccc1. The number of hydrogen-bond acceptors (Lipinski definition) is 4. The standard InChI is InChI=1S/C20H19F3N4O3/c21-20(22,23)17-16(13-27(26-17)14-7-3-1-4-8-14)18(28)24-11-12-25-19(29)30-15-9-5-2-6-10-15/h1-3,5-7,9-10,13H,4,8,11-12H2,(H,24,28)(H,25,29). The molecule has 0 aliphatic heterocycles. The molecule has 0 atom stereocenters. The molecule has 2 amide bonds. The van der Waals surface area contributed by atoms with Crippen LogP contribution < -0.4 is 15.4 Å². The Morgan fingerprint density at radius 2 is 1.87 bits per heavy atom. The first-order valence-corrected chi connectivity index (χ1v) is 9.16. The third-order valence-corrected chi connectivity index (χ3v) is 4.15. The first-order chi connectivity index (χ1) is 14.3. The third-order valence-electron chi connectivity index (χ3n) is 4.15. The number of carbonyl (C=O) groups is 2. The van der Waals surface area contributed by atoms with Crippen LogP contribution in [0.4, 0.5) is 18.0 Å². The fourth-order valence-electron chi connectivity index (χ4n) is 2.74. The van der Waals surface area contributed by atoms with E-state index in [0.29, 0.717) is 24.3 Å². The molecule has 158 valence electrons.